The average Bonchev–Trinajstić information content (AvgIpc) is 3.01. The fraction of sp³-hybridized carbons (Fsp3) is 0.0526. The summed E-state index contributed by atoms with van der Waals surface area (Å²) in [5, 5.41) is 10.7. The zero-order valence-corrected chi connectivity index (χ0v) is 15.0. The van der Waals surface area contributed by atoms with E-state index < -0.39 is 4.92 Å². The van der Waals surface area contributed by atoms with Crippen molar-refractivity contribution in [1.82, 2.24) is 4.98 Å². The fourth-order valence-electron chi connectivity index (χ4n) is 2.33. The van der Waals surface area contributed by atoms with Crippen LogP contribution in [0.1, 0.15) is 15.9 Å². The van der Waals surface area contributed by atoms with Crippen molar-refractivity contribution in [3.63, 3.8) is 0 Å². The lowest BCUT2D eigenvalue weighted by atomic mass is 10.1. The summed E-state index contributed by atoms with van der Waals surface area (Å²) in [4.78, 5) is 37.2. The first-order chi connectivity index (χ1) is 13.0. The number of ketones is 1. The third kappa shape index (κ3) is 4.36. The molecule has 0 aliphatic carbocycles. The van der Waals surface area contributed by atoms with Crippen LogP contribution in [0.2, 0.25) is 0 Å². The number of aromatic nitrogens is 1. The number of Topliss-reactive ketones (excluding diaryl/α,β-unsaturated/α-hetero) is 1. The number of hydrogen-bond acceptors (Lipinski definition) is 6. The monoisotopic (exact) mass is 382 g/mol. The Hall–Kier alpha value is -3.52. The van der Waals surface area contributed by atoms with E-state index in [1.54, 1.807) is 49.6 Å². The van der Waals surface area contributed by atoms with Gasteiger partial charge in [0.15, 0.2) is 5.78 Å². The number of non-ortho nitro benzene ring substituents is 1. The number of nitro groups is 1. The van der Waals surface area contributed by atoms with E-state index in [0.29, 0.717) is 26.1 Å². The molecule has 0 unspecified atom stereocenters. The maximum Gasteiger partial charge on any atom is 0.269 e. The molecular formula is C19H14N2O5S. The molecule has 7 nitrogen and oxygen atoms in total. The van der Waals surface area contributed by atoms with Gasteiger partial charge in [-0.25, -0.2) is 0 Å². The summed E-state index contributed by atoms with van der Waals surface area (Å²) < 4.78 is 5.88. The second-order valence-electron chi connectivity index (χ2n) is 5.51. The van der Waals surface area contributed by atoms with Crippen molar-refractivity contribution in [2.75, 3.05) is 7.11 Å². The molecule has 136 valence electrons. The van der Waals surface area contributed by atoms with Gasteiger partial charge in [-0.15, -0.1) is 11.3 Å². The van der Waals surface area contributed by atoms with Crippen LogP contribution in [-0.2, 0) is 0 Å². The van der Waals surface area contributed by atoms with Crippen LogP contribution in [0.5, 0.6) is 5.75 Å². The van der Waals surface area contributed by atoms with Gasteiger partial charge in [-0.3, -0.25) is 19.7 Å². The summed E-state index contributed by atoms with van der Waals surface area (Å²) in [5.41, 5.74) is 0.783. The van der Waals surface area contributed by atoms with Gasteiger partial charge in [0.2, 0.25) is 0 Å². The van der Waals surface area contributed by atoms with Gasteiger partial charge in [-0.1, -0.05) is 0 Å². The van der Waals surface area contributed by atoms with E-state index in [2.05, 4.69) is 4.98 Å². The lowest BCUT2D eigenvalue weighted by molar-refractivity contribution is -0.384. The Morgan fingerprint density at radius 1 is 1.15 bits per heavy atom. The molecule has 0 saturated heterocycles. The number of hydrogen-bond donors (Lipinski definition) is 1. The molecule has 0 aliphatic heterocycles. The fourth-order valence-corrected chi connectivity index (χ4v) is 3.21. The van der Waals surface area contributed by atoms with Crippen LogP contribution >= 0.6 is 11.3 Å². The van der Waals surface area contributed by atoms with Crippen LogP contribution in [0.15, 0.2) is 53.3 Å². The highest BCUT2D eigenvalue weighted by atomic mass is 32.1. The molecule has 1 heterocycles. The lowest BCUT2D eigenvalue weighted by Crippen LogP contribution is -2.20. The maximum atomic E-state index is 12.3. The number of benzene rings is 2. The number of aromatic amines is 1. The van der Waals surface area contributed by atoms with Gasteiger partial charge in [0.05, 0.1) is 21.2 Å². The second-order valence-corrected chi connectivity index (χ2v) is 6.60. The highest BCUT2D eigenvalue weighted by Crippen LogP contribution is 2.13. The number of H-pyrrole nitrogens is 1. The van der Waals surface area contributed by atoms with Gasteiger partial charge in [-0.05, 0) is 48.0 Å². The Balaban J connectivity index is 1.90. The molecule has 0 spiro atoms. The van der Waals surface area contributed by atoms with E-state index in [0.717, 1.165) is 11.3 Å². The van der Waals surface area contributed by atoms with Crippen LogP contribution in [0.3, 0.4) is 0 Å². The van der Waals surface area contributed by atoms with Crippen molar-refractivity contribution in [2.45, 2.75) is 0 Å². The molecule has 0 radical (unpaired) electrons. The Labute approximate surface area is 157 Å². The lowest BCUT2D eigenvalue weighted by Gasteiger charge is -1.99. The number of thiazole rings is 1. The smallest absolute Gasteiger partial charge is 0.269 e. The number of nitrogens with zero attached hydrogens (tertiary/aromatic N) is 1. The highest BCUT2D eigenvalue weighted by Gasteiger charge is 2.05. The third-order valence-electron chi connectivity index (χ3n) is 3.72. The van der Waals surface area contributed by atoms with Gasteiger partial charge in [0.1, 0.15) is 5.75 Å². The zero-order chi connectivity index (χ0) is 19.4. The van der Waals surface area contributed by atoms with E-state index in [1.165, 1.54) is 18.2 Å². The summed E-state index contributed by atoms with van der Waals surface area (Å²) in [5.74, 6) is 0.410. The number of methoxy groups -OCH3 is 1. The van der Waals surface area contributed by atoms with E-state index in [4.69, 9.17) is 4.74 Å². The van der Waals surface area contributed by atoms with Crippen molar-refractivity contribution < 1.29 is 14.5 Å². The minimum absolute atomic E-state index is 0.0219. The molecule has 3 rings (SSSR count). The number of ether oxygens (including phenoxy) is 1. The Morgan fingerprint density at radius 3 is 2.41 bits per heavy atom. The van der Waals surface area contributed by atoms with Crippen molar-refractivity contribution in [3.05, 3.63) is 89.3 Å². The zero-order valence-electron chi connectivity index (χ0n) is 14.2. The average molecular weight is 382 g/mol. The van der Waals surface area contributed by atoms with Crippen molar-refractivity contribution in [3.8, 4) is 5.75 Å². The first-order valence-corrected chi connectivity index (χ1v) is 8.63. The molecule has 3 aromatic rings. The Morgan fingerprint density at radius 2 is 1.81 bits per heavy atom. The van der Waals surface area contributed by atoms with E-state index in [-0.39, 0.29) is 17.0 Å². The molecule has 1 N–H and O–H groups in total. The summed E-state index contributed by atoms with van der Waals surface area (Å²) in [6, 6.07) is 12.5. The number of nitro benzene ring substituents is 1. The minimum Gasteiger partial charge on any atom is -0.497 e. The molecule has 0 amide bonds. The first-order valence-electron chi connectivity index (χ1n) is 7.82. The second kappa shape index (κ2) is 7.79. The molecular weight excluding hydrogens is 368 g/mol. The van der Waals surface area contributed by atoms with E-state index in [1.807, 2.05) is 0 Å². The number of carbonyl (C=O) groups excluding carboxylic acids is 1. The highest BCUT2D eigenvalue weighted by molar-refractivity contribution is 7.07. The van der Waals surface area contributed by atoms with Crippen LogP contribution in [0.4, 0.5) is 5.69 Å². The van der Waals surface area contributed by atoms with Gasteiger partial charge < -0.3 is 9.72 Å². The molecule has 0 atom stereocenters. The van der Waals surface area contributed by atoms with Crippen molar-refractivity contribution in [2.24, 2.45) is 0 Å². The molecule has 0 fully saturated rings. The predicted octanol–water partition coefficient (Wildman–Crippen LogP) is 1.85. The summed E-state index contributed by atoms with van der Waals surface area (Å²) in [7, 11) is 1.54. The van der Waals surface area contributed by atoms with Crippen LogP contribution in [-0.4, -0.2) is 22.8 Å². The molecule has 0 aliphatic rings. The molecule has 27 heavy (non-hydrogen) atoms. The van der Waals surface area contributed by atoms with E-state index in [9.17, 15) is 19.7 Å². The standard InChI is InChI=1S/C19H14N2O5S/c1-26-15-8-4-13(5-9-15)16(22)11-18-20-19(23)17(27-18)10-12-2-6-14(7-3-12)21(24)25/h2-11H,1H3,(H,20,23)/b17-10+,18-11+. The van der Waals surface area contributed by atoms with Crippen molar-refractivity contribution in [1.29, 1.82) is 0 Å². The summed E-state index contributed by atoms with van der Waals surface area (Å²) in [6.07, 6.45) is 2.98. The Kier molecular flexibility index (Phi) is 5.28. The van der Waals surface area contributed by atoms with Crippen LogP contribution < -0.4 is 19.5 Å². The first kappa shape index (κ1) is 18.3. The van der Waals surface area contributed by atoms with Gasteiger partial charge in [-0.2, -0.15) is 0 Å². The molecule has 8 heteroatoms. The van der Waals surface area contributed by atoms with Crippen LogP contribution in [0, 0.1) is 10.1 Å². The van der Waals surface area contributed by atoms with Gasteiger partial charge in [0, 0.05) is 23.8 Å². The number of carbonyl (C=O) groups is 1. The minimum atomic E-state index is -0.487. The molecule has 0 bridgehead atoms. The largest absolute Gasteiger partial charge is 0.497 e. The summed E-state index contributed by atoms with van der Waals surface area (Å²) >= 11 is 1.14. The predicted molar refractivity (Wildman–Crippen MR) is 103 cm³/mol. The van der Waals surface area contributed by atoms with Gasteiger partial charge in [0.25, 0.3) is 11.2 Å². The van der Waals surface area contributed by atoms with E-state index >= 15 is 0 Å². The van der Waals surface area contributed by atoms with Gasteiger partial charge >= 0.3 is 0 Å². The molecule has 1 aromatic heterocycles. The SMILES string of the molecule is COc1ccc(C(=O)/C=c2\[nH]c(=O)/c(=C\c3ccc([N+](=O)[O-])cc3)s2)cc1. The topological polar surface area (TPSA) is 102 Å². The Bertz CT molecular complexity index is 1160. The number of nitrogens with one attached hydrogen (secondary N) is 1. The molecule has 0 saturated carbocycles. The maximum absolute atomic E-state index is 12.3. The van der Waals surface area contributed by atoms with Crippen LogP contribution in [0.25, 0.3) is 12.2 Å². The normalized spacial score (nSPS) is 12.2. The van der Waals surface area contributed by atoms with Crippen molar-refractivity contribution >= 4 is 35.0 Å². The molecule has 2 aromatic carbocycles. The third-order valence-corrected chi connectivity index (χ3v) is 4.68. The number of rotatable bonds is 5. The summed E-state index contributed by atoms with van der Waals surface area (Å²) in [6.45, 7) is 0. The quantitative estimate of drug-likeness (QED) is 0.412.